The maximum Gasteiger partial charge on any atom is -0.00992 e. The van der Waals surface area contributed by atoms with E-state index in [-0.39, 0.29) is 0 Å². The lowest BCUT2D eigenvalue weighted by atomic mass is 9.88. The summed E-state index contributed by atoms with van der Waals surface area (Å²) in [6.07, 6.45) is 0. The molecule has 8 aromatic rings. The van der Waals surface area contributed by atoms with E-state index in [1.807, 2.05) is 0 Å². The first-order valence-corrected chi connectivity index (χ1v) is 19.7. The molecule has 0 aliphatic rings. The molecule has 8 aromatic carbocycles. The molecule has 0 heterocycles. The Kier molecular flexibility index (Phi) is 11.3. The summed E-state index contributed by atoms with van der Waals surface area (Å²) in [5, 5.41) is 0. The highest BCUT2D eigenvalue weighted by Gasteiger charge is 2.13. The van der Waals surface area contributed by atoms with Gasteiger partial charge in [-0.2, -0.15) is 0 Å². The van der Waals surface area contributed by atoms with Crippen molar-refractivity contribution in [1.82, 2.24) is 0 Å². The molecular weight excluding hydrogens is 673 g/mol. The van der Waals surface area contributed by atoms with Crippen LogP contribution < -0.4 is 0 Å². The fourth-order valence-electron chi connectivity index (χ4n) is 7.36. The fourth-order valence-corrected chi connectivity index (χ4v) is 7.36. The summed E-state index contributed by atoms with van der Waals surface area (Å²) in [6.45, 7) is 17.4. The lowest BCUT2D eigenvalue weighted by Gasteiger charge is -2.16. The van der Waals surface area contributed by atoms with Crippen LogP contribution in [0, 0.1) is 55.4 Å². The third kappa shape index (κ3) is 8.36. The van der Waals surface area contributed by atoms with Gasteiger partial charge in [-0.15, -0.1) is 0 Å². The number of benzene rings is 8. The summed E-state index contributed by atoms with van der Waals surface area (Å²) in [7, 11) is 0. The molecule has 0 saturated carbocycles. The van der Waals surface area contributed by atoms with Gasteiger partial charge in [0.2, 0.25) is 0 Å². The van der Waals surface area contributed by atoms with Gasteiger partial charge in [0, 0.05) is 0 Å². The molecule has 0 amide bonds. The van der Waals surface area contributed by atoms with Crippen LogP contribution in [-0.2, 0) is 0 Å². The van der Waals surface area contributed by atoms with Gasteiger partial charge in [-0.1, -0.05) is 158 Å². The van der Waals surface area contributed by atoms with Crippen LogP contribution in [0.25, 0.3) is 66.8 Å². The monoisotopic (exact) mass is 724 g/mol. The second-order valence-electron chi connectivity index (χ2n) is 15.4. The number of hydrogen-bond acceptors (Lipinski definition) is 0. The molecule has 0 unspecified atom stereocenters. The third-order valence-corrected chi connectivity index (χ3v) is 11.5. The first-order valence-electron chi connectivity index (χ1n) is 19.7. The van der Waals surface area contributed by atoms with Crippen molar-refractivity contribution in [2.75, 3.05) is 0 Å². The van der Waals surface area contributed by atoms with E-state index >= 15 is 0 Å². The quantitative estimate of drug-likeness (QED) is 0.160. The zero-order chi connectivity index (χ0) is 39.3. The topological polar surface area (TPSA) is 0 Å². The summed E-state index contributed by atoms with van der Waals surface area (Å²) >= 11 is 0. The number of hydrogen-bond donors (Lipinski definition) is 0. The molecule has 0 aliphatic carbocycles. The van der Waals surface area contributed by atoms with E-state index in [2.05, 4.69) is 225 Å². The van der Waals surface area contributed by atoms with E-state index in [4.69, 9.17) is 0 Å². The van der Waals surface area contributed by atoms with Crippen LogP contribution in [0.2, 0.25) is 0 Å². The maximum atomic E-state index is 2.30. The van der Waals surface area contributed by atoms with Gasteiger partial charge in [-0.3, -0.25) is 0 Å². The van der Waals surface area contributed by atoms with Crippen LogP contribution in [0.4, 0.5) is 0 Å². The molecule has 0 saturated heterocycles. The highest BCUT2D eigenvalue weighted by atomic mass is 14.2. The average Bonchev–Trinajstić information content (AvgIpc) is 3.22. The lowest BCUT2D eigenvalue weighted by Crippen LogP contribution is -1.91. The number of aryl methyl sites for hydroxylation is 8. The molecule has 0 bridgehead atoms. The standard InChI is InChI=1S/2C28H26/c1-19-11-13-27(15-21(19)3)25-9-5-7-23(17-25)24-8-6-10-26(18-24)28-14-12-20(2)22(4)16-28;1-19-13-15-23(17-21(19)3)25-9-5-7-11-27(25)28-12-8-6-10-26(28)24-16-14-20(2)22(4)18-24/h2*5-18H,1-4H3. The van der Waals surface area contributed by atoms with Crippen molar-refractivity contribution >= 4 is 0 Å². The molecule has 56 heavy (non-hydrogen) atoms. The summed E-state index contributed by atoms with van der Waals surface area (Å²) in [4.78, 5) is 0. The first kappa shape index (κ1) is 38.1. The first-order chi connectivity index (χ1) is 27.0. The van der Waals surface area contributed by atoms with E-state index in [9.17, 15) is 0 Å². The average molecular weight is 725 g/mol. The van der Waals surface area contributed by atoms with Crippen LogP contribution in [-0.4, -0.2) is 0 Å². The Bertz CT molecular complexity index is 2480. The molecule has 0 heteroatoms. The molecule has 0 fully saturated rings. The van der Waals surface area contributed by atoms with E-state index in [1.54, 1.807) is 0 Å². The van der Waals surface area contributed by atoms with Crippen molar-refractivity contribution in [2.45, 2.75) is 55.4 Å². The second-order valence-corrected chi connectivity index (χ2v) is 15.4. The number of rotatable bonds is 6. The zero-order valence-electron chi connectivity index (χ0n) is 34.2. The molecule has 0 radical (unpaired) electrons. The Labute approximate surface area is 335 Å². The van der Waals surface area contributed by atoms with Gasteiger partial charge in [0.15, 0.2) is 0 Å². The summed E-state index contributed by atoms with van der Waals surface area (Å²) < 4.78 is 0. The molecule has 0 aliphatic heterocycles. The smallest absolute Gasteiger partial charge is 0.00992 e. The van der Waals surface area contributed by atoms with Crippen LogP contribution in [0.1, 0.15) is 44.5 Å². The molecule has 0 spiro atoms. The Morgan fingerprint density at radius 1 is 0.179 bits per heavy atom. The van der Waals surface area contributed by atoms with Crippen molar-refractivity contribution in [3.05, 3.63) is 214 Å². The second kappa shape index (κ2) is 16.6. The van der Waals surface area contributed by atoms with E-state index in [0.717, 1.165) is 0 Å². The Hall–Kier alpha value is -6.24. The summed E-state index contributed by atoms with van der Waals surface area (Å²) in [5.41, 5.74) is 25.9. The Morgan fingerprint density at radius 2 is 0.429 bits per heavy atom. The molecular formula is C56H52. The van der Waals surface area contributed by atoms with Crippen molar-refractivity contribution in [3.8, 4) is 66.8 Å². The van der Waals surface area contributed by atoms with Crippen LogP contribution in [0.5, 0.6) is 0 Å². The van der Waals surface area contributed by atoms with Crippen molar-refractivity contribution in [3.63, 3.8) is 0 Å². The molecule has 0 nitrogen and oxygen atoms in total. The van der Waals surface area contributed by atoms with E-state index in [0.29, 0.717) is 0 Å². The van der Waals surface area contributed by atoms with Crippen LogP contribution >= 0.6 is 0 Å². The zero-order valence-corrected chi connectivity index (χ0v) is 34.2. The van der Waals surface area contributed by atoms with E-state index < -0.39 is 0 Å². The third-order valence-electron chi connectivity index (χ3n) is 11.5. The molecule has 0 aromatic heterocycles. The summed E-state index contributed by atoms with van der Waals surface area (Å²) in [5.74, 6) is 0. The van der Waals surface area contributed by atoms with Crippen LogP contribution in [0.15, 0.2) is 170 Å². The lowest BCUT2D eigenvalue weighted by molar-refractivity contribution is 1.34. The largest absolute Gasteiger partial charge is 0.0616 e. The minimum absolute atomic E-state index is 1.25. The van der Waals surface area contributed by atoms with Crippen molar-refractivity contribution in [2.24, 2.45) is 0 Å². The van der Waals surface area contributed by atoms with Crippen LogP contribution in [0.3, 0.4) is 0 Å². The molecule has 0 N–H and O–H groups in total. The molecule has 0 atom stereocenters. The van der Waals surface area contributed by atoms with Crippen molar-refractivity contribution < 1.29 is 0 Å². The maximum absolute atomic E-state index is 2.30. The minimum atomic E-state index is 1.25. The predicted molar refractivity (Wildman–Crippen MR) is 243 cm³/mol. The Balaban J connectivity index is 0.000000172. The van der Waals surface area contributed by atoms with Gasteiger partial charge >= 0.3 is 0 Å². The highest BCUT2D eigenvalue weighted by Crippen LogP contribution is 2.39. The SMILES string of the molecule is Cc1ccc(-c2cccc(-c3cccc(-c4ccc(C)c(C)c4)c3)c2)cc1C.Cc1ccc(-c2ccccc2-c2ccccc2-c2ccc(C)c(C)c2)cc1C. The summed E-state index contributed by atoms with van der Waals surface area (Å²) in [6, 6.07) is 62.1. The fraction of sp³-hybridized carbons (Fsp3) is 0.143. The van der Waals surface area contributed by atoms with Gasteiger partial charge in [0.05, 0.1) is 0 Å². The van der Waals surface area contributed by atoms with Gasteiger partial charge in [-0.05, 0) is 179 Å². The molecule has 276 valence electrons. The highest BCUT2D eigenvalue weighted by molar-refractivity contribution is 5.92. The van der Waals surface area contributed by atoms with Gasteiger partial charge < -0.3 is 0 Å². The van der Waals surface area contributed by atoms with Gasteiger partial charge in [0.1, 0.15) is 0 Å². The Morgan fingerprint density at radius 3 is 0.732 bits per heavy atom. The van der Waals surface area contributed by atoms with Crippen molar-refractivity contribution in [1.29, 1.82) is 0 Å². The van der Waals surface area contributed by atoms with Gasteiger partial charge in [0.25, 0.3) is 0 Å². The normalized spacial score (nSPS) is 10.9. The van der Waals surface area contributed by atoms with Gasteiger partial charge in [-0.25, -0.2) is 0 Å². The predicted octanol–water partition coefficient (Wildman–Crippen LogP) is 15.8. The van der Waals surface area contributed by atoms with E-state index in [1.165, 1.54) is 111 Å². The minimum Gasteiger partial charge on any atom is -0.0616 e. The molecule has 8 rings (SSSR count).